The summed E-state index contributed by atoms with van der Waals surface area (Å²) in [5.41, 5.74) is 8.27. The van der Waals surface area contributed by atoms with Crippen molar-refractivity contribution in [1.29, 1.82) is 0 Å². The highest BCUT2D eigenvalue weighted by atomic mass is 16.3. The first-order valence-corrected chi connectivity index (χ1v) is 13.0. The SMILES string of the molecule is CCC(C)c1ccc2oc3cc4oc5c(-n6c7ccccc7c7ccccc76)cccc5c4cc3c2c1. The van der Waals surface area contributed by atoms with Crippen LogP contribution in [0.4, 0.5) is 0 Å². The first-order valence-electron chi connectivity index (χ1n) is 13.0. The fourth-order valence-electron chi connectivity index (χ4n) is 5.97. The first kappa shape index (κ1) is 20.7. The maximum Gasteiger partial charge on any atom is 0.159 e. The van der Waals surface area contributed by atoms with Gasteiger partial charge in [-0.05, 0) is 54.3 Å². The van der Waals surface area contributed by atoms with Crippen LogP contribution in [0.2, 0.25) is 0 Å². The smallest absolute Gasteiger partial charge is 0.159 e. The molecule has 0 saturated carbocycles. The van der Waals surface area contributed by atoms with Crippen LogP contribution < -0.4 is 0 Å². The van der Waals surface area contributed by atoms with E-state index in [1.54, 1.807) is 0 Å². The van der Waals surface area contributed by atoms with Gasteiger partial charge in [-0.3, -0.25) is 0 Å². The lowest BCUT2D eigenvalue weighted by atomic mass is 9.97. The molecule has 0 amide bonds. The highest BCUT2D eigenvalue weighted by molar-refractivity contribution is 6.17. The fourth-order valence-corrected chi connectivity index (χ4v) is 5.97. The van der Waals surface area contributed by atoms with E-state index < -0.39 is 0 Å². The van der Waals surface area contributed by atoms with Gasteiger partial charge < -0.3 is 13.4 Å². The van der Waals surface area contributed by atoms with Crippen molar-refractivity contribution < 1.29 is 8.83 Å². The molecule has 0 saturated heterocycles. The van der Waals surface area contributed by atoms with Crippen molar-refractivity contribution in [2.75, 3.05) is 0 Å². The van der Waals surface area contributed by atoms with E-state index in [0.29, 0.717) is 5.92 Å². The van der Waals surface area contributed by atoms with E-state index in [-0.39, 0.29) is 0 Å². The van der Waals surface area contributed by atoms with Gasteiger partial charge in [0.05, 0.1) is 16.7 Å². The molecule has 3 heterocycles. The predicted molar refractivity (Wildman–Crippen MR) is 154 cm³/mol. The van der Waals surface area contributed by atoms with Crippen LogP contribution in [0.5, 0.6) is 0 Å². The molecule has 0 aliphatic carbocycles. The molecule has 3 heteroatoms. The van der Waals surface area contributed by atoms with Gasteiger partial charge in [0.25, 0.3) is 0 Å². The van der Waals surface area contributed by atoms with E-state index in [9.17, 15) is 0 Å². The molecule has 8 rings (SSSR count). The first-order chi connectivity index (χ1) is 18.2. The molecule has 178 valence electrons. The van der Waals surface area contributed by atoms with Gasteiger partial charge in [-0.1, -0.05) is 68.4 Å². The summed E-state index contributed by atoms with van der Waals surface area (Å²) in [6, 6.07) is 34.5. The van der Waals surface area contributed by atoms with E-state index in [4.69, 9.17) is 8.83 Å². The zero-order valence-corrected chi connectivity index (χ0v) is 20.8. The number of rotatable bonds is 3. The second-order valence-corrected chi connectivity index (χ2v) is 10.1. The number of para-hydroxylation sites is 3. The van der Waals surface area contributed by atoms with Crippen molar-refractivity contribution >= 4 is 65.7 Å². The monoisotopic (exact) mass is 479 g/mol. The number of aromatic nitrogens is 1. The highest BCUT2D eigenvalue weighted by Crippen LogP contribution is 2.41. The third kappa shape index (κ3) is 2.83. The van der Waals surface area contributed by atoms with E-state index >= 15 is 0 Å². The number of fused-ring (bicyclic) bond motifs is 9. The molecular formula is C34H25NO2. The Morgan fingerprint density at radius 1 is 0.595 bits per heavy atom. The molecule has 0 N–H and O–H groups in total. The summed E-state index contributed by atoms with van der Waals surface area (Å²) in [5.74, 6) is 0.515. The van der Waals surface area contributed by atoms with Gasteiger partial charge >= 0.3 is 0 Å². The lowest BCUT2D eigenvalue weighted by Crippen LogP contribution is -1.93. The second kappa shape index (κ2) is 7.50. The third-order valence-electron chi connectivity index (χ3n) is 8.09. The second-order valence-electron chi connectivity index (χ2n) is 10.1. The molecule has 1 atom stereocenters. The van der Waals surface area contributed by atoms with Gasteiger partial charge in [0, 0.05) is 38.4 Å². The van der Waals surface area contributed by atoms with Crippen molar-refractivity contribution in [1.82, 2.24) is 4.57 Å². The van der Waals surface area contributed by atoms with Crippen LogP contribution in [0.25, 0.3) is 71.4 Å². The Kier molecular flexibility index (Phi) is 4.19. The Hall–Kier alpha value is -4.50. The van der Waals surface area contributed by atoms with Gasteiger partial charge in [-0.25, -0.2) is 0 Å². The number of hydrogen-bond donors (Lipinski definition) is 0. The molecule has 0 fully saturated rings. The summed E-state index contributed by atoms with van der Waals surface area (Å²) in [4.78, 5) is 0. The normalized spacial score (nSPS) is 13.1. The molecule has 5 aromatic carbocycles. The van der Waals surface area contributed by atoms with Crippen molar-refractivity contribution in [2.24, 2.45) is 0 Å². The molecule has 1 unspecified atom stereocenters. The zero-order chi connectivity index (χ0) is 24.7. The Bertz CT molecular complexity index is 2100. The zero-order valence-electron chi connectivity index (χ0n) is 20.8. The van der Waals surface area contributed by atoms with E-state index in [2.05, 4.69) is 115 Å². The summed E-state index contributed by atoms with van der Waals surface area (Å²) in [6.07, 6.45) is 1.11. The Balaban J connectivity index is 1.44. The Morgan fingerprint density at radius 3 is 2.00 bits per heavy atom. The van der Waals surface area contributed by atoms with Crippen molar-refractivity contribution in [2.45, 2.75) is 26.2 Å². The van der Waals surface area contributed by atoms with E-state index in [1.165, 1.54) is 32.8 Å². The Labute approximate surface area is 213 Å². The van der Waals surface area contributed by atoms with Gasteiger partial charge in [-0.2, -0.15) is 0 Å². The van der Waals surface area contributed by atoms with Crippen LogP contribution in [-0.2, 0) is 0 Å². The quantitative estimate of drug-likeness (QED) is 0.252. The maximum absolute atomic E-state index is 6.61. The summed E-state index contributed by atoms with van der Waals surface area (Å²) in [5, 5.41) is 7.02. The minimum Gasteiger partial charge on any atom is -0.456 e. The van der Waals surface area contributed by atoms with Crippen LogP contribution >= 0.6 is 0 Å². The van der Waals surface area contributed by atoms with Crippen LogP contribution in [0.1, 0.15) is 31.7 Å². The molecule has 3 aromatic heterocycles. The molecule has 3 nitrogen and oxygen atoms in total. The van der Waals surface area contributed by atoms with Crippen molar-refractivity contribution in [3.8, 4) is 5.69 Å². The van der Waals surface area contributed by atoms with E-state index in [1.807, 2.05) is 0 Å². The lowest BCUT2D eigenvalue weighted by Gasteiger charge is -2.08. The van der Waals surface area contributed by atoms with Crippen LogP contribution in [0.3, 0.4) is 0 Å². The minimum atomic E-state index is 0.515. The van der Waals surface area contributed by atoms with Crippen LogP contribution in [0.15, 0.2) is 106 Å². The number of hydrogen-bond acceptors (Lipinski definition) is 2. The van der Waals surface area contributed by atoms with Crippen molar-refractivity contribution in [3.05, 3.63) is 103 Å². The summed E-state index contributed by atoms with van der Waals surface area (Å²) in [7, 11) is 0. The van der Waals surface area contributed by atoms with Crippen LogP contribution in [-0.4, -0.2) is 4.57 Å². The molecule has 37 heavy (non-hydrogen) atoms. The largest absolute Gasteiger partial charge is 0.456 e. The third-order valence-corrected chi connectivity index (χ3v) is 8.09. The summed E-state index contributed by atoms with van der Waals surface area (Å²) in [6.45, 7) is 4.51. The molecule has 0 spiro atoms. The molecule has 0 aliphatic rings. The molecular weight excluding hydrogens is 454 g/mol. The average molecular weight is 480 g/mol. The molecule has 0 aliphatic heterocycles. The lowest BCUT2D eigenvalue weighted by molar-refractivity contribution is 0.654. The predicted octanol–water partition coefficient (Wildman–Crippen LogP) is 10.1. The molecule has 8 aromatic rings. The Morgan fingerprint density at radius 2 is 1.24 bits per heavy atom. The molecule has 0 bridgehead atoms. The van der Waals surface area contributed by atoms with Crippen molar-refractivity contribution in [3.63, 3.8) is 0 Å². The number of nitrogens with zero attached hydrogens (tertiary/aromatic N) is 1. The van der Waals surface area contributed by atoms with Crippen LogP contribution in [0, 0.1) is 0 Å². The van der Waals surface area contributed by atoms with Gasteiger partial charge in [0.15, 0.2) is 5.58 Å². The number of furan rings is 2. The maximum atomic E-state index is 6.61. The van der Waals surface area contributed by atoms with Gasteiger partial charge in [-0.15, -0.1) is 0 Å². The standard InChI is InChI=1S/C34H25NO2/c1-3-20(2)21-15-16-31-25(17-21)27-18-26-24-11-8-14-30(34(24)37-33(26)19-32(27)36-31)35-28-12-6-4-9-22(28)23-10-5-7-13-29(23)35/h4-20H,3H2,1-2H3. The van der Waals surface area contributed by atoms with Gasteiger partial charge in [0.2, 0.25) is 0 Å². The van der Waals surface area contributed by atoms with Gasteiger partial charge in [0.1, 0.15) is 16.7 Å². The topological polar surface area (TPSA) is 31.2 Å². The van der Waals surface area contributed by atoms with E-state index in [0.717, 1.165) is 50.6 Å². The fraction of sp³-hybridized carbons (Fsp3) is 0.118. The minimum absolute atomic E-state index is 0.515. The average Bonchev–Trinajstić information content (AvgIpc) is 3.60. The summed E-state index contributed by atoms with van der Waals surface area (Å²) < 4.78 is 15.2. The highest BCUT2D eigenvalue weighted by Gasteiger charge is 2.19. The summed E-state index contributed by atoms with van der Waals surface area (Å²) >= 11 is 0. The molecule has 0 radical (unpaired) electrons. The number of benzene rings is 5.